The lowest BCUT2D eigenvalue weighted by atomic mass is 10.1. The van der Waals surface area contributed by atoms with Gasteiger partial charge in [0, 0.05) is 10.7 Å². The van der Waals surface area contributed by atoms with E-state index in [4.69, 9.17) is 21.1 Å². The van der Waals surface area contributed by atoms with Crippen molar-refractivity contribution >= 4 is 38.3 Å². The Morgan fingerprint density at radius 2 is 1.82 bits per heavy atom. The second-order valence-corrected chi connectivity index (χ2v) is 6.38. The molecule has 22 heavy (non-hydrogen) atoms. The van der Waals surface area contributed by atoms with Gasteiger partial charge in [-0.15, -0.1) is 0 Å². The predicted molar refractivity (Wildman–Crippen MR) is 97.9 cm³/mol. The van der Waals surface area contributed by atoms with E-state index in [1.807, 2.05) is 30.3 Å². The van der Waals surface area contributed by atoms with Gasteiger partial charge in [-0.05, 0) is 42.5 Å². The molecule has 0 heterocycles. The molecular weight excluding hydrogens is 364 g/mol. The highest BCUT2D eigenvalue weighted by Crippen LogP contribution is 2.34. The van der Waals surface area contributed by atoms with Gasteiger partial charge < -0.3 is 9.47 Å². The minimum atomic E-state index is 0.662. The van der Waals surface area contributed by atoms with Gasteiger partial charge in [-0.1, -0.05) is 53.4 Å². The Bertz CT molecular complexity index is 601. The van der Waals surface area contributed by atoms with Crippen molar-refractivity contribution in [3.05, 3.63) is 35.4 Å². The van der Waals surface area contributed by atoms with Gasteiger partial charge in [-0.3, -0.25) is 0 Å². The van der Waals surface area contributed by atoms with E-state index in [2.05, 4.69) is 22.9 Å². The number of alkyl halides is 1. The Kier molecular flexibility index (Phi) is 7.34. The van der Waals surface area contributed by atoms with Crippen molar-refractivity contribution < 1.29 is 9.47 Å². The summed E-state index contributed by atoms with van der Waals surface area (Å²) < 4.78 is 11.5. The zero-order chi connectivity index (χ0) is 15.8. The highest BCUT2D eigenvalue weighted by molar-refractivity contribution is 9.09. The third-order valence-electron chi connectivity index (χ3n) is 3.44. The first-order valence-electron chi connectivity index (χ1n) is 7.80. The van der Waals surface area contributed by atoms with Crippen LogP contribution >= 0.6 is 27.5 Å². The number of ether oxygens (including phenoxy) is 2. The fourth-order valence-electron chi connectivity index (χ4n) is 2.23. The maximum absolute atomic E-state index is 6.44. The molecule has 0 bridgehead atoms. The van der Waals surface area contributed by atoms with Gasteiger partial charge >= 0.3 is 0 Å². The molecule has 0 atom stereocenters. The summed E-state index contributed by atoms with van der Waals surface area (Å²) in [6, 6.07) is 9.98. The van der Waals surface area contributed by atoms with Crippen molar-refractivity contribution in [3.63, 3.8) is 0 Å². The van der Waals surface area contributed by atoms with Crippen LogP contribution in [0.15, 0.2) is 30.3 Å². The lowest BCUT2D eigenvalue weighted by molar-refractivity contribution is 0.306. The summed E-state index contributed by atoms with van der Waals surface area (Å²) in [5.41, 5.74) is 0. The van der Waals surface area contributed by atoms with Gasteiger partial charge in [0.1, 0.15) is 11.5 Å². The predicted octanol–water partition coefficient (Wildman–Crippen LogP) is 6.23. The summed E-state index contributed by atoms with van der Waals surface area (Å²) in [6.45, 7) is 3.62. The molecule has 0 spiro atoms. The summed E-state index contributed by atoms with van der Waals surface area (Å²) in [5.74, 6) is 1.64. The molecule has 4 heteroatoms. The number of halogens is 2. The number of benzene rings is 2. The van der Waals surface area contributed by atoms with Gasteiger partial charge in [0.2, 0.25) is 0 Å². The van der Waals surface area contributed by atoms with E-state index in [-0.39, 0.29) is 0 Å². The summed E-state index contributed by atoms with van der Waals surface area (Å²) >= 11 is 9.83. The summed E-state index contributed by atoms with van der Waals surface area (Å²) in [5, 5.41) is 3.67. The Hall–Kier alpha value is -0.930. The normalized spacial score (nSPS) is 10.9. The Balaban J connectivity index is 2.08. The average molecular weight is 386 g/mol. The second kappa shape index (κ2) is 9.26. The number of unbranched alkanes of at least 4 members (excludes halogenated alkanes) is 2. The highest BCUT2D eigenvalue weighted by atomic mass is 79.9. The zero-order valence-electron chi connectivity index (χ0n) is 12.9. The van der Waals surface area contributed by atoms with Crippen LogP contribution in [-0.2, 0) is 0 Å². The Labute approximate surface area is 145 Å². The third kappa shape index (κ3) is 4.79. The fraction of sp³-hybridized carbons (Fsp3) is 0.444. The summed E-state index contributed by atoms with van der Waals surface area (Å²) in [4.78, 5) is 0. The summed E-state index contributed by atoms with van der Waals surface area (Å²) in [6.07, 6.45) is 4.46. The first-order chi connectivity index (χ1) is 10.8. The molecular formula is C18H22BrClO2. The Morgan fingerprint density at radius 1 is 1.00 bits per heavy atom. The molecule has 2 nitrogen and oxygen atoms in total. The van der Waals surface area contributed by atoms with Crippen LogP contribution in [0.1, 0.15) is 32.6 Å². The SMILES string of the molecule is CCCCCOc1ccc2c(Cl)c(OCCCBr)ccc2c1. The molecule has 0 aromatic heterocycles. The lowest BCUT2D eigenvalue weighted by Gasteiger charge is -2.11. The third-order valence-corrected chi connectivity index (χ3v) is 4.39. The van der Waals surface area contributed by atoms with Crippen LogP contribution < -0.4 is 9.47 Å². The Morgan fingerprint density at radius 3 is 2.59 bits per heavy atom. The molecule has 2 aromatic carbocycles. The number of hydrogen-bond acceptors (Lipinski definition) is 2. The van der Waals surface area contributed by atoms with E-state index in [9.17, 15) is 0 Å². The average Bonchev–Trinajstić information content (AvgIpc) is 2.54. The molecule has 0 saturated carbocycles. The standard InChI is InChI=1S/C18H22BrClO2/c1-2-3-4-11-21-15-7-8-16-14(13-15)6-9-17(18(16)20)22-12-5-10-19/h6-9,13H,2-5,10-12H2,1H3. The molecule has 0 fully saturated rings. The van der Waals surface area contributed by atoms with Crippen LogP contribution in [0.4, 0.5) is 0 Å². The van der Waals surface area contributed by atoms with Crippen molar-refractivity contribution in [1.29, 1.82) is 0 Å². The number of hydrogen-bond donors (Lipinski definition) is 0. The largest absolute Gasteiger partial charge is 0.494 e. The van der Waals surface area contributed by atoms with E-state index in [0.29, 0.717) is 11.6 Å². The van der Waals surface area contributed by atoms with Gasteiger partial charge in [-0.25, -0.2) is 0 Å². The van der Waals surface area contributed by atoms with Crippen LogP contribution in [0, 0.1) is 0 Å². The monoisotopic (exact) mass is 384 g/mol. The molecule has 0 aliphatic carbocycles. The minimum absolute atomic E-state index is 0.662. The molecule has 0 aliphatic rings. The minimum Gasteiger partial charge on any atom is -0.494 e. The van der Waals surface area contributed by atoms with Gasteiger partial charge in [0.15, 0.2) is 0 Å². The molecule has 0 radical (unpaired) electrons. The van der Waals surface area contributed by atoms with Crippen molar-refractivity contribution in [2.24, 2.45) is 0 Å². The maximum Gasteiger partial charge on any atom is 0.138 e. The van der Waals surface area contributed by atoms with Crippen LogP contribution in [-0.4, -0.2) is 18.5 Å². The topological polar surface area (TPSA) is 18.5 Å². The van der Waals surface area contributed by atoms with Crippen molar-refractivity contribution in [2.75, 3.05) is 18.5 Å². The second-order valence-electron chi connectivity index (χ2n) is 5.21. The molecule has 0 amide bonds. The fourth-order valence-corrected chi connectivity index (χ4v) is 2.75. The number of rotatable bonds is 9. The van der Waals surface area contributed by atoms with E-state index in [1.165, 1.54) is 12.8 Å². The summed E-state index contributed by atoms with van der Waals surface area (Å²) in [7, 11) is 0. The molecule has 0 saturated heterocycles. The van der Waals surface area contributed by atoms with Crippen molar-refractivity contribution in [1.82, 2.24) is 0 Å². The molecule has 120 valence electrons. The molecule has 2 aromatic rings. The van der Waals surface area contributed by atoms with E-state index >= 15 is 0 Å². The maximum atomic E-state index is 6.44. The van der Waals surface area contributed by atoms with Gasteiger partial charge in [0.05, 0.1) is 18.2 Å². The van der Waals surface area contributed by atoms with Gasteiger partial charge in [0.25, 0.3) is 0 Å². The van der Waals surface area contributed by atoms with E-state index < -0.39 is 0 Å². The quantitative estimate of drug-likeness (QED) is 0.376. The molecule has 2 rings (SSSR count). The van der Waals surface area contributed by atoms with Crippen LogP contribution in [0.5, 0.6) is 11.5 Å². The van der Waals surface area contributed by atoms with Crippen molar-refractivity contribution in [3.8, 4) is 11.5 Å². The first-order valence-corrected chi connectivity index (χ1v) is 9.30. The smallest absolute Gasteiger partial charge is 0.138 e. The van der Waals surface area contributed by atoms with E-state index in [1.54, 1.807) is 0 Å². The molecule has 0 aliphatic heterocycles. The molecule has 0 N–H and O–H groups in total. The van der Waals surface area contributed by atoms with Crippen LogP contribution in [0.3, 0.4) is 0 Å². The van der Waals surface area contributed by atoms with Crippen LogP contribution in [0.25, 0.3) is 10.8 Å². The lowest BCUT2D eigenvalue weighted by Crippen LogP contribution is -1.99. The molecule has 0 unspecified atom stereocenters. The number of fused-ring (bicyclic) bond motifs is 1. The first kappa shape index (κ1) is 17.4. The van der Waals surface area contributed by atoms with Crippen LogP contribution in [0.2, 0.25) is 5.02 Å². The van der Waals surface area contributed by atoms with Crippen molar-refractivity contribution in [2.45, 2.75) is 32.6 Å². The van der Waals surface area contributed by atoms with Gasteiger partial charge in [-0.2, -0.15) is 0 Å². The van der Waals surface area contributed by atoms with E-state index in [0.717, 1.165) is 47.1 Å². The zero-order valence-corrected chi connectivity index (χ0v) is 15.3. The highest BCUT2D eigenvalue weighted by Gasteiger charge is 2.08.